The fourth-order valence-electron chi connectivity index (χ4n) is 3.29. The Hall–Kier alpha value is -0.820. The molecule has 1 N–H and O–H groups in total. The van der Waals surface area contributed by atoms with Gasteiger partial charge in [0.2, 0.25) is 0 Å². The highest BCUT2D eigenvalue weighted by Crippen LogP contribution is 2.32. The van der Waals surface area contributed by atoms with Crippen molar-refractivity contribution in [2.24, 2.45) is 17.8 Å². The predicted octanol–water partition coefficient (Wildman–Crippen LogP) is 4.80. The Bertz CT molecular complexity index is 371. The summed E-state index contributed by atoms with van der Waals surface area (Å²) in [7, 11) is 0. The van der Waals surface area contributed by atoms with Crippen LogP contribution in [0.25, 0.3) is 0 Å². The van der Waals surface area contributed by atoms with Gasteiger partial charge in [-0.3, -0.25) is 0 Å². The smallest absolute Gasteiger partial charge is 0.0345 e. The summed E-state index contributed by atoms with van der Waals surface area (Å²) in [5.41, 5.74) is 1.43. The lowest BCUT2D eigenvalue weighted by molar-refractivity contribution is 0.204. The summed E-state index contributed by atoms with van der Waals surface area (Å²) < 4.78 is 0. The van der Waals surface area contributed by atoms with Crippen LogP contribution in [0.4, 0.5) is 0 Å². The molecule has 19 heavy (non-hydrogen) atoms. The van der Waals surface area contributed by atoms with Gasteiger partial charge in [0.15, 0.2) is 0 Å². The second-order valence-corrected chi connectivity index (χ2v) is 6.76. The molecule has 4 unspecified atom stereocenters. The molecule has 1 fully saturated rings. The van der Waals surface area contributed by atoms with Crippen LogP contribution in [0.3, 0.4) is 0 Å². The molecule has 1 nitrogen and oxygen atoms in total. The van der Waals surface area contributed by atoms with Crippen LogP contribution < -0.4 is 5.32 Å². The average Bonchev–Trinajstić information content (AvgIpc) is 2.40. The Balaban J connectivity index is 2.02. The summed E-state index contributed by atoms with van der Waals surface area (Å²) in [5, 5.41) is 3.92. The van der Waals surface area contributed by atoms with Crippen LogP contribution in [0.15, 0.2) is 30.3 Å². The van der Waals surface area contributed by atoms with Crippen LogP contribution in [0.5, 0.6) is 0 Å². The first-order valence-corrected chi connectivity index (χ1v) is 7.89. The number of hydrogen-bond acceptors (Lipinski definition) is 1. The lowest BCUT2D eigenvalue weighted by Crippen LogP contribution is -2.40. The predicted molar refractivity (Wildman–Crippen MR) is 83.1 cm³/mol. The molecular formula is C18H29N. The zero-order valence-corrected chi connectivity index (χ0v) is 12.9. The molecule has 1 heteroatoms. The Morgan fingerprint density at radius 3 is 2.26 bits per heavy atom. The monoisotopic (exact) mass is 259 g/mol. The van der Waals surface area contributed by atoms with Crippen LogP contribution in [-0.4, -0.2) is 6.04 Å². The first-order chi connectivity index (χ1) is 9.08. The standard InChI is InChI=1S/C18H29N/c1-13(2)18(16-8-6-5-7-9-16)19-17-11-10-14(3)15(4)12-17/h5-9,13-15,17-19H,10-12H2,1-4H3. The highest BCUT2D eigenvalue weighted by molar-refractivity contribution is 5.19. The van der Waals surface area contributed by atoms with Gasteiger partial charge in [-0.05, 0) is 42.6 Å². The van der Waals surface area contributed by atoms with E-state index in [1.807, 2.05) is 0 Å². The summed E-state index contributed by atoms with van der Waals surface area (Å²) in [4.78, 5) is 0. The van der Waals surface area contributed by atoms with Gasteiger partial charge in [-0.2, -0.15) is 0 Å². The van der Waals surface area contributed by atoms with E-state index in [0.29, 0.717) is 18.0 Å². The Labute approximate surface area is 118 Å². The molecule has 4 atom stereocenters. The second-order valence-electron chi connectivity index (χ2n) is 6.76. The maximum atomic E-state index is 3.92. The molecular weight excluding hydrogens is 230 g/mol. The summed E-state index contributed by atoms with van der Waals surface area (Å²) in [6.45, 7) is 9.45. The zero-order chi connectivity index (χ0) is 13.8. The molecule has 0 heterocycles. The number of hydrogen-bond donors (Lipinski definition) is 1. The van der Waals surface area contributed by atoms with Crippen molar-refractivity contribution in [2.75, 3.05) is 0 Å². The molecule has 1 saturated carbocycles. The number of rotatable bonds is 4. The normalized spacial score (nSPS) is 29.4. The van der Waals surface area contributed by atoms with Crippen molar-refractivity contribution < 1.29 is 0 Å². The highest BCUT2D eigenvalue weighted by atomic mass is 15.0. The molecule has 0 spiro atoms. The van der Waals surface area contributed by atoms with Crippen molar-refractivity contribution in [3.05, 3.63) is 35.9 Å². The van der Waals surface area contributed by atoms with Gasteiger partial charge in [0.25, 0.3) is 0 Å². The summed E-state index contributed by atoms with van der Waals surface area (Å²) in [5.74, 6) is 2.39. The molecule has 1 aliphatic rings. The molecule has 0 saturated heterocycles. The summed E-state index contributed by atoms with van der Waals surface area (Å²) >= 11 is 0. The lowest BCUT2D eigenvalue weighted by atomic mass is 9.78. The van der Waals surface area contributed by atoms with Gasteiger partial charge in [0, 0.05) is 12.1 Å². The largest absolute Gasteiger partial charge is 0.307 e. The number of benzene rings is 1. The van der Waals surface area contributed by atoms with Gasteiger partial charge < -0.3 is 5.32 Å². The molecule has 1 aliphatic carbocycles. The van der Waals surface area contributed by atoms with Gasteiger partial charge in [0.1, 0.15) is 0 Å². The third kappa shape index (κ3) is 3.82. The van der Waals surface area contributed by atoms with Crippen molar-refractivity contribution >= 4 is 0 Å². The van der Waals surface area contributed by atoms with E-state index in [1.54, 1.807) is 0 Å². The van der Waals surface area contributed by atoms with E-state index in [2.05, 4.69) is 63.3 Å². The van der Waals surface area contributed by atoms with Crippen LogP contribution in [0, 0.1) is 17.8 Å². The average molecular weight is 259 g/mol. The molecule has 0 amide bonds. The van der Waals surface area contributed by atoms with E-state index < -0.39 is 0 Å². The van der Waals surface area contributed by atoms with Crippen molar-refractivity contribution in [2.45, 2.75) is 59.0 Å². The maximum Gasteiger partial charge on any atom is 0.0345 e. The Morgan fingerprint density at radius 2 is 1.68 bits per heavy atom. The van der Waals surface area contributed by atoms with Crippen molar-refractivity contribution in [3.8, 4) is 0 Å². The lowest BCUT2D eigenvalue weighted by Gasteiger charge is -2.36. The molecule has 1 aromatic carbocycles. The minimum absolute atomic E-state index is 0.492. The topological polar surface area (TPSA) is 12.0 Å². The van der Waals surface area contributed by atoms with Crippen molar-refractivity contribution in [3.63, 3.8) is 0 Å². The minimum atomic E-state index is 0.492. The molecule has 1 aromatic rings. The Morgan fingerprint density at radius 1 is 1.00 bits per heavy atom. The van der Waals surface area contributed by atoms with Crippen LogP contribution in [-0.2, 0) is 0 Å². The molecule has 0 radical (unpaired) electrons. The van der Waals surface area contributed by atoms with E-state index >= 15 is 0 Å². The molecule has 2 rings (SSSR count). The molecule has 0 aromatic heterocycles. The molecule has 106 valence electrons. The van der Waals surface area contributed by atoms with Gasteiger partial charge in [-0.1, -0.05) is 58.0 Å². The minimum Gasteiger partial charge on any atom is -0.307 e. The quantitative estimate of drug-likeness (QED) is 0.819. The van der Waals surface area contributed by atoms with Gasteiger partial charge in [-0.25, -0.2) is 0 Å². The van der Waals surface area contributed by atoms with E-state index in [0.717, 1.165) is 11.8 Å². The Kier molecular flexibility index (Phi) is 5.04. The second kappa shape index (κ2) is 6.56. The van der Waals surface area contributed by atoms with Gasteiger partial charge in [0.05, 0.1) is 0 Å². The third-order valence-corrected chi connectivity index (χ3v) is 4.84. The first-order valence-electron chi connectivity index (χ1n) is 7.89. The van der Waals surface area contributed by atoms with E-state index in [4.69, 9.17) is 0 Å². The fourth-order valence-corrected chi connectivity index (χ4v) is 3.29. The SMILES string of the molecule is CC(C)C(NC1CCC(C)C(C)C1)c1ccccc1. The van der Waals surface area contributed by atoms with E-state index in [1.165, 1.54) is 24.8 Å². The van der Waals surface area contributed by atoms with E-state index in [9.17, 15) is 0 Å². The highest BCUT2D eigenvalue weighted by Gasteiger charge is 2.27. The molecule has 0 bridgehead atoms. The number of nitrogens with one attached hydrogen (secondary N) is 1. The van der Waals surface area contributed by atoms with E-state index in [-0.39, 0.29) is 0 Å². The first kappa shape index (κ1) is 14.6. The fraction of sp³-hybridized carbons (Fsp3) is 0.667. The zero-order valence-electron chi connectivity index (χ0n) is 12.9. The molecule has 0 aliphatic heterocycles. The van der Waals surface area contributed by atoms with Crippen molar-refractivity contribution in [1.82, 2.24) is 5.32 Å². The van der Waals surface area contributed by atoms with Crippen LogP contribution >= 0.6 is 0 Å². The maximum absolute atomic E-state index is 3.92. The van der Waals surface area contributed by atoms with Gasteiger partial charge in [-0.15, -0.1) is 0 Å². The van der Waals surface area contributed by atoms with Crippen molar-refractivity contribution in [1.29, 1.82) is 0 Å². The third-order valence-electron chi connectivity index (χ3n) is 4.84. The van der Waals surface area contributed by atoms with Crippen LogP contribution in [0.1, 0.15) is 58.6 Å². The van der Waals surface area contributed by atoms with Crippen LogP contribution in [0.2, 0.25) is 0 Å². The summed E-state index contributed by atoms with van der Waals surface area (Å²) in [6, 6.07) is 12.1. The summed E-state index contributed by atoms with van der Waals surface area (Å²) in [6.07, 6.45) is 4.04. The van der Waals surface area contributed by atoms with Gasteiger partial charge >= 0.3 is 0 Å².